The third-order valence-corrected chi connectivity index (χ3v) is 4.07. The van der Waals surface area contributed by atoms with E-state index in [1.165, 1.54) is 30.8 Å². The maximum Gasteiger partial charge on any atom is 0.000137 e. The molecule has 1 fully saturated rings. The molecule has 1 atom stereocenters. The van der Waals surface area contributed by atoms with E-state index in [4.69, 9.17) is 5.73 Å². The fourth-order valence-corrected chi connectivity index (χ4v) is 3.49. The molecule has 0 saturated carbocycles. The number of thioether (sulfide) groups is 1. The molecule has 1 saturated heterocycles. The molecule has 12 heavy (non-hydrogen) atoms. The van der Waals surface area contributed by atoms with Crippen molar-refractivity contribution in [3.8, 4) is 0 Å². The topological polar surface area (TPSA) is 26.0 Å². The van der Waals surface area contributed by atoms with Crippen LogP contribution in [0.5, 0.6) is 0 Å². The van der Waals surface area contributed by atoms with Gasteiger partial charge in [0.2, 0.25) is 0 Å². The van der Waals surface area contributed by atoms with Crippen LogP contribution in [0.15, 0.2) is 0 Å². The highest BCUT2D eigenvalue weighted by atomic mass is 32.2. The van der Waals surface area contributed by atoms with Crippen molar-refractivity contribution in [2.75, 3.05) is 18.1 Å². The fraction of sp³-hybridized carbons (Fsp3) is 1.00. The van der Waals surface area contributed by atoms with Gasteiger partial charge in [0.25, 0.3) is 0 Å². The summed E-state index contributed by atoms with van der Waals surface area (Å²) in [6, 6.07) is 0. The second-order valence-electron chi connectivity index (χ2n) is 4.46. The summed E-state index contributed by atoms with van der Waals surface area (Å²) in [5, 5.41) is 0. The lowest BCUT2D eigenvalue weighted by Gasteiger charge is -2.37. The molecule has 72 valence electrons. The number of hydrogen-bond donors (Lipinski definition) is 1. The Morgan fingerprint density at radius 2 is 2.25 bits per heavy atom. The number of hydrogen-bond acceptors (Lipinski definition) is 2. The molecule has 0 bridgehead atoms. The lowest BCUT2D eigenvalue weighted by molar-refractivity contribution is 0.245. The summed E-state index contributed by atoms with van der Waals surface area (Å²) in [6.07, 6.45) is 4.04. The summed E-state index contributed by atoms with van der Waals surface area (Å²) in [5.41, 5.74) is 6.36. The van der Waals surface area contributed by atoms with Gasteiger partial charge in [-0.25, -0.2) is 0 Å². The molecule has 0 radical (unpaired) electrons. The molecule has 0 aromatic rings. The summed E-state index contributed by atoms with van der Waals surface area (Å²) >= 11 is 2.09. The summed E-state index contributed by atoms with van der Waals surface area (Å²) < 4.78 is 0. The minimum Gasteiger partial charge on any atom is -0.330 e. The van der Waals surface area contributed by atoms with E-state index < -0.39 is 0 Å². The smallest absolute Gasteiger partial charge is 0.000137 e. The Hall–Kier alpha value is 0.310. The first-order valence-corrected chi connectivity index (χ1v) is 6.12. The van der Waals surface area contributed by atoms with Crippen molar-refractivity contribution in [3.63, 3.8) is 0 Å². The summed E-state index contributed by atoms with van der Waals surface area (Å²) in [7, 11) is 0. The van der Waals surface area contributed by atoms with Gasteiger partial charge in [-0.15, -0.1) is 0 Å². The highest BCUT2D eigenvalue weighted by Gasteiger charge is 2.31. The second kappa shape index (κ2) is 4.52. The van der Waals surface area contributed by atoms with Gasteiger partial charge in [0.15, 0.2) is 0 Å². The molecule has 1 aliphatic rings. The Morgan fingerprint density at radius 1 is 1.50 bits per heavy atom. The molecule has 1 rings (SSSR count). The Morgan fingerprint density at radius 3 is 2.67 bits per heavy atom. The monoisotopic (exact) mass is 187 g/mol. The third kappa shape index (κ3) is 2.67. The van der Waals surface area contributed by atoms with Gasteiger partial charge in [-0.3, -0.25) is 0 Å². The minimum absolute atomic E-state index is 0.483. The van der Waals surface area contributed by atoms with Crippen LogP contribution in [-0.4, -0.2) is 18.1 Å². The van der Waals surface area contributed by atoms with E-state index >= 15 is 0 Å². The van der Waals surface area contributed by atoms with Crippen LogP contribution in [0.1, 0.15) is 33.1 Å². The molecule has 1 nitrogen and oxygen atoms in total. The SMILES string of the molecule is CC(C)CC1(CN)CCCSC1. The molecule has 0 aromatic carbocycles. The van der Waals surface area contributed by atoms with Crippen LogP contribution in [0.25, 0.3) is 0 Å². The molecular formula is C10H21NS. The zero-order chi connectivity index (χ0) is 9.03. The van der Waals surface area contributed by atoms with E-state index in [1.807, 2.05) is 0 Å². The van der Waals surface area contributed by atoms with Crippen molar-refractivity contribution in [2.24, 2.45) is 17.1 Å². The van der Waals surface area contributed by atoms with Gasteiger partial charge in [-0.1, -0.05) is 13.8 Å². The predicted octanol–water partition coefficient (Wildman–Crippen LogP) is 2.50. The molecule has 0 spiro atoms. The summed E-state index contributed by atoms with van der Waals surface area (Å²) in [6.45, 7) is 5.49. The normalized spacial score (nSPS) is 31.0. The van der Waals surface area contributed by atoms with Gasteiger partial charge in [0.1, 0.15) is 0 Å². The molecule has 1 heterocycles. The molecule has 2 heteroatoms. The molecule has 1 aliphatic heterocycles. The van der Waals surface area contributed by atoms with E-state index in [9.17, 15) is 0 Å². The molecule has 0 amide bonds. The number of nitrogens with two attached hydrogens (primary N) is 1. The van der Waals surface area contributed by atoms with Crippen molar-refractivity contribution in [3.05, 3.63) is 0 Å². The third-order valence-electron chi connectivity index (χ3n) is 2.68. The van der Waals surface area contributed by atoms with E-state index in [0.29, 0.717) is 5.41 Å². The fourth-order valence-electron chi connectivity index (χ4n) is 2.18. The van der Waals surface area contributed by atoms with Crippen LogP contribution >= 0.6 is 11.8 Å². The maximum absolute atomic E-state index is 5.87. The molecule has 0 aliphatic carbocycles. The van der Waals surface area contributed by atoms with E-state index in [0.717, 1.165) is 12.5 Å². The van der Waals surface area contributed by atoms with Gasteiger partial charge in [-0.05, 0) is 42.9 Å². The average molecular weight is 187 g/mol. The van der Waals surface area contributed by atoms with Gasteiger partial charge in [0.05, 0.1) is 0 Å². The molecular weight excluding hydrogens is 166 g/mol. The first-order valence-electron chi connectivity index (χ1n) is 4.96. The van der Waals surface area contributed by atoms with Crippen LogP contribution < -0.4 is 5.73 Å². The zero-order valence-electron chi connectivity index (χ0n) is 8.31. The van der Waals surface area contributed by atoms with Crippen LogP contribution in [0.4, 0.5) is 0 Å². The van der Waals surface area contributed by atoms with E-state index in [2.05, 4.69) is 25.6 Å². The van der Waals surface area contributed by atoms with Gasteiger partial charge in [-0.2, -0.15) is 11.8 Å². The van der Waals surface area contributed by atoms with Crippen LogP contribution in [0.2, 0.25) is 0 Å². The van der Waals surface area contributed by atoms with Crippen molar-refractivity contribution < 1.29 is 0 Å². The van der Waals surface area contributed by atoms with Gasteiger partial charge >= 0.3 is 0 Å². The Bertz CT molecular complexity index is 128. The predicted molar refractivity (Wildman–Crippen MR) is 57.5 cm³/mol. The molecule has 1 unspecified atom stereocenters. The second-order valence-corrected chi connectivity index (χ2v) is 5.56. The Kier molecular flexibility index (Phi) is 3.91. The standard InChI is InChI=1S/C10H21NS/c1-9(2)6-10(7-11)4-3-5-12-8-10/h9H,3-8,11H2,1-2H3. The highest BCUT2D eigenvalue weighted by Crippen LogP contribution is 2.38. The van der Waals surface area contributed by atoms with Crippen LogP contribution in [0, 0.1) is 11.3 Å². The summed E-state index contributed by atoms with van der Waals surface area (Å²) in [4.78, 5) is 0. The summed E-state index contributed by atoms with van der Waals surface area (Å²) in [5.74, 6) is 3.44. The average Bonchev–Trinajstić information content (AvgIpc) is 2.05. The quantitative estimate of drug-likeness (QED) is 0.734. The van der Waals surface area contributed by atoms with E-state index in [1.54, 1.807) is 0 Å². The minimum atomic E-state index is 0.483. The lowest BCUT2D eigenvalue weighted by Crippen LogP contribution is -2.36. The first-order chi connectivity index (χ1) is 5.68. The molecule has 2 N–H and O–H groups in total. The lowest BCUT2D eigenvalue weighted by atomic mass is 9.78. The highest BCUT2D eigenvalue weighted by molar-refractivity contribution is 7.99. The van der Waals surface area contributed by atoms with Crippen LogP contribution in [-0.2, 0) is 0 Å². The van der Waals surface area contributed by atoms with Crippen molar-refractivity contribution >= 4 is 11.8 Å². The number of rotatable bonds is 3. The largest absolute Gasteiger partial charge is 0.330 e. The van der Waals surface area contributed by atoms with Crippen molar-refractivity contribution in [1.82, 2.24) is 0 Å². The molecule has 0 aromatic heterocycles. The van der Waals surface area contributed by atoms with E-state index in [-0.39, 0.29) is 0 Å². The van der Waals surface area contributed by atoms with Crippen molar-refractivity contribution in [2.45, 2.75) is 33.1 Å². The van der Waals surface area contributed by atoms with Gasteiger partial charge in [0, 0.05) is 5.75 Å². The Balaban J connectivity index is 2.48. The Labute approximate surface area is 80.5 Å². The first kappa shape index (κ1) is 10.4. The maximum atomic E-state index is 5.87. The zero-order valence-corrected chi connectivity index (χ0v) is 9.12. The van der Waals surface area contributed by atoms with Crippen molar-refractivity contribution in [1.29, 1.82) is 0 Å². The van der Waals surface area contributed by atoms with Crippen LogP contribution in [0.3, 0.4) is 0 Å². The van der Waals surface area contributed by atoms with Gasteiger partial charge < -0.3 is 5.73 Å².